The van der Waals surface area contributed by atoms with Gasteiger partial charge >= 0.3 is 0 Å². The molecule has 0 bridgehead atoms. The number of nitrogens with one attached hydrogen (secondary N) is 2. The average Bonchev–Trinajstić information content (AvgIpc) is 3.27. The van der Waals surface area contributed by atoms with Gasteiger partial charge in [-0.3, -0.25) is 0 Å². The zero-order valence-electron chi connectivity index (χ0n) is 12.6. The molecule has 0 saturated heterocycles. The van der Waals surface area contributed by atoms with Gasteiger partial charge in [-0.2, -0.15) is 0 Å². The van der Waals surface area contributed by atoms with Crippen LogP contribution in [-0.2, 0) is 10.0 Å². The summed E-state index contributed by atoms with van der Waals surface area (Å²) in [5, 5.41) is 3.32. The van der Waals surface area contributed by atoms with Gasteiger partial charge in [-0.15, -0.1) is 0 Å². The third kappa shape index (κ3) is 5.65. The Balaban J connectivity index is 1.79. The van der Waals surface area contributed by atoms with E-state index in [1.807, 2.05) is 31.2 Å². The van der Waals surface area contributed by atoms with Crippen LogP contribution in [0.25, 0.3) is 0 Å². The second kappa shape index (κ2) is 7.24. The van der Waals surface area contributed by atoms with Gasteiger partial charge < -0.3 is 10.1 Å². The van der Waals surface area contributed by atoms with E-state index >= 15 is 0 Å². The first-order valence-electron chi connectivity index (χ1n) is 7.37. The topological polar surface area (TPSA) is 67.4 Å². The van der Waals surface area contributed by atoms with Crippen LogP contribution < -0.4 is 14.8 Å². The Kier molecular flexibility index (Phi) is 5.61. The second-order valence-corrected chi connectivity index (χ2v) is 7.39. The van der Waals surface area contributed by atoms with E-state index in [2.05, 4.69) is 10.0 Å². The lowest BCUT2D eigenvalue weighted by atomic mass is 10.1. The fourth-order valence-electron chi connectivity index (χ4n) is 2.14. The average molecular weight is 312 g/mol. The maximum Gasteiger partial charge on any atom is 0.212 e. The van der Waals surface area contributed by atoms with Crippen molar-refractivity contribution < 1.29 is 13.2 Å². The number of methoxy groups -OCH3 is 1. The molecule has 1 aliphatic carbocycles. The van der Waals surface area contributed by atoms with Crippen LogP contribution in [0.15, 0.2) is 24.3 Å². The lowest BCUT2D eigenvalue weighted by Gasteiger charge is -2.15. The standard InChI is InChI=1S/C15H24N2O3S/c1-12(13-4-8-15(20-2)9-5-13)17-21(18,19)11-3-10-16-14-6-7-14/h4-5,8-9,12,14,16-17H,3,6-7,10-11H2,1-2H3. The Hall–Kier alpha value is -1.11. The van der Waals surface area contributed by atoms with E-state index in [9.17, 15) is 8.42 Å². The van der Waals surface area contributed by atoms with Crippen molar-refractivity contribution in [1.82, 2.24) is 10.0 Å². The SMILES string of the molecule is COc1ccc(C(C)NS(=O)(=O)CCCNC2CC2)cc1. The summed E-state index contributed by atoms with van der Waals surface area (Å²) in [5.41, 5.74) is 0.926. The molecule has 0 spiro atoms. The molecule has 1 unspecified atom stereocenters. The van der Waals surface area contributed by atoms with Crippen LogP contribution in [0.2, 0.25) is 0 Å². The van der Waals surface area contributed by atoms with E-state index in [-0.39, 0.29) is 11.8 Å². The molecule has 2 N–H and O–H groups in total. The smallest absolute Gasteiger partial charge is 0.212 e. The molecule has 1 aliphatic rings. The lowest BCUT2D eigenvalue weighted by Crippen LogP contribution is -2.30. The van der Waals surface area contributed by atoms with Crippen LogP contribution in [0.4, 0.5) is 0 Å². The molecule has 0 heterocycles. The number of ether oxygens (including phenoxy) is 1. The minimum Gasteiger partial charge on any atom is -0.497 e. The predicted octanol–water partition coefficient (Wildman–Crippen LogP) is 1.82. The summed E-state index contributed by atoms with van der Waals surface area (Å²) in [4.78, 5) is 0. The normalized spacial score (nSPS) is 16.7. The minimum atomic E-state index is -3.24. The Bertz CT molecular complexity index is 539. The van der Waals surface area contributed by atoms with Crippen molar-refractivity contribution in [3.05, 3.63) is 29.8 Å². The highest BCUT2D eigenvalue weighted by Crippen LogP contribution is 2.19. The molecule has 0 aliphatic heterocycles. The molecular formula is C15H24N2O3S. The Morgan fingerprint density at radius 3 is 2.52 bits per heavy atom. The summed E-state index contributed by atoms with van der Waals surface area (Å²) in [6.45, 7) is 2.62. The molecule has 118 valence electrons. The van der Waals surface area contributed by atoms with Gasteiger partial charge in [0, 0.05) is 12.1 Å². The van der Waals surface area contributed by atoms with Crippen LogP contribution in [-0.4, -0.2) is 33.9 Å². The molecule has 6 heteroatoms. The van der Waals surface area contributed by atoms with Gasteiger partial charge in [0.15, 0.2) is 0 Å². The van der Waals surface area contributed by atoms with Gasteiger partial charge in [-0.1, -0.05) is 12.1 Å². The van der Waals surface area contributed by atoms with Crippen molar-refractivity contribution >= 4 is 10.0 Å². The van der Waals surface area contributed by atoms with Crippen LogP contribution in [0.3, 0.4) is 0 Å². The van der Waals surface area contributed by atoms with E-state index in [0.29, 0.717) is 12.5 Å². The molecular weight excluding hydrogens is 288 g/mol. The van der Waals surface area contributed by atoms with Gasteiger partial charge in [0.2, 0.25) is 10.0 Å². The van der Waals surface area contributed by atoms with Crippen LogP contribution in [0.5, 0.6) is 5.75 Å². The van der Waals surface area contributed by atoms with Crippen LogP contribution >= 0.6 is 0 Å². The quantitative estimate of drug-likeness (QED) is 0.683. The number of hydrogen-bond donors (Lipinski definition) is 2. The van der Waals surface area contributed by atoms with Gasteiger partial charge in [0.25, 0.3) is 0 Å². The maximum atomic E-state index is 12.0. The summed E-state index contributed by atoms with van der Waals surface area (Å²) in [6, 6.07) is 7.80. The molecule has 21 heavy (non-hydrogen) atoms. The van der Waals surface area contributed by atoms with Crippen molar-refractivity contribution in [1.29, 1.82) is 0 Å². The molecule has 1 aromatic carbocycles. The fraction of sp³-hybridized carbons (Fsp3) is 0.600. The Morgan fingerprint density at radius 2 is 1.95 bits per heavy atom. The van der Waals surface area contributed by atoms with Crippen LogP contribution in [0.1, 0.15) is 37.8 Å². The monoisotopic (exact) mass is 312 g/mol. The molecule has 0 radical (unpaired) electrons. The summed E-state index contributed by atoms with van der Waals surface area (Å²) in [7, 11) is -1.64. The molecule has 2 rings (SSSR count). The number of sulfonamides is 1. The third-order valence-electron chi connectivity index (χ3n) is 3.57. The summed E-state index contributed by atoms with van der Waals surface area (Å²) in [6.07, 6.45) is 3.08. The van der Waals surface area contributed by atoms with Crippen molar-refractivity contribution in [3.63, 3.8) is 0 Å². The lowest BCUT2D eigenvalue weighted by molar-refractivity contribution is 0.414. The molecule has 0 aromatic heterocycles. The summed E-state index contributed by atoms with van der Waals surface area (Å²) in [5.74, 6) is 0.924. The van der Waals surface area contributed by atoms with E-state index in [4.69, 9.17) is 4.74 Å². The Morgan fingerprint density at radius 1 is 1.29 bits per heavy atom. The molecule has 5 nitrogen and oxygen atoms in total. The third-order valence-corrected chi connectivity index (χ3v) is 5.11. The molecule has 0 amide bonds. The highest BCUT2D eigenvalue weighted by Gasteiger charge is 2.20. The molecule has 1 aromatic rings. The Labute approximate surface area is 127 Å². The van der Waals surface area contributed by atoms with E-state index < -0.39 is 10.0 Å². The zero-order valence-corrected chi connectivity index (χ0v) is 13.4. The largest absolute Gasteiger partial charge is 0.497 e. The number of benzene rings is 1. The number of hydrogen-bond acceptors (Lipinski definition) is 4. The van der Waals surface area contributed by atoms with Crippen LogP contribution in [0, 0.1) is 0 Å². The van der Waals surface area contributed by atoms with E-state index in [1.54, 1.807) is 7.11 Å². The fourth-order valence-corrected chi connectivity index (χ4v) is 3.46. The van der Waals surface area contributed by atoms with Crippen molar-refractivity contribution in [2.45, 2.75) is 38.3 Å². The van der Waals surface area contributed by atoms with Gasteiger partial charge in [-0.05, 0) is 50.4 Å². The summed E-state index contributed by atoms with van der Waals surface area (Å²) >= 11 is 0. The van der Waals surface area contributed by atoms with E-state index in [1.165, 1.54) is 12.8 Å². The van der Waals surface area contributed by atoms with E-state index in [0.717, 1.165) is 17.9 Å². The van der Waals surface area contributed by atoms with Crippen molar-refractivity contribution in [2.24, 2.45) is 0 Å². The van der Waals surface area contributed by atoms with Gasteiger partial charge in [0.1, 0.15) is 5.75 Å². The van der Waals surface area contributed by atoms with Gasteiger partial charge in [0.05, 0.1) is 12.9 Å². The summed E-state index contributed by atoms with van der Waals surface area (Å²) < 4.78 is 31.9. The highest BCUT2D eigenvalue weighted by molar-refractivity contribution is 7.89. The first kappa shape index (κ1) is 16.3. The highest BCUT2D eigenvalue weighted by atomic mass is 32.2. The maximum absolute atomic E-state index is 12.0. The predicted molar refractivity (Wildman–Crippen MR) is 84.0 cm³/mol. The first-order valence-corrected chi connectivity index (χ1v) is 9.03. The molecule has 1 saturated carbocycles. The second-order valence-electron chi connectivity index (χ2n) is 5.51. The minimum absolute atomic E-state index is 0.160. The molecule has 1 fully saturated rings. The first-order chi connectivity index (χ1) is 10.00. The zero-order chi connectivity index (χ0) is 15.3. The molecule has 1 atom stereocenters. The van der Waals surface area contributed by atoms with Crippen molar-refractivity contribution in [2.75, 3.05) is 19.4 Å². The van der Waals surface area contributed by atoms with Gasteiger partial charge in [-0.25, -0.2) is 13.1 Å². The van der Waals surface area contributed by atoms with Crippen molar-refractivity contribution in [3.8, 4) is 5.75 Å². The number of rotatable bonds is 9.